The third-order valence-electron chi connectivity index (χ3n) is 3.10. The van der Waals surface area contributed by atoms with Crippen LogP contribution in [0, 0.1) is 0 Å². The highest BCUT2D eigenvalue weighted by molar-refractivity contribution is 6.23. The van der Waals surface area contributed by atoms with Crippen molar-refractivity contribution in [1.82, 2.24) is 4.98 Å². The summed E-state index contributed by atoms with van der Waals surface area (Å²) < 4.78 is 0. The standard InChI is InChI=1S/C16H13ClN2/c17-19-14-8-5-12(6-9-14)11-15-10-7-13-3-1-2-4-16(13)18-15/h1-10,19H,11H2. The van der Waals surface area contributed by atoms with Crippen LogP contribution in [0.5, 0.6) is 0 Å². The minimum Gasteiger partial charge on any atom is -0.299 e. The van der Waals surface area contributed by atoms with Crippen LogP contribution >= 0.6 is 11.8 Å². The number of hydrogen-bond acceptors (Lipinski definition) is 2. The van der Waals surface area contributed by atoms with Gasteiger partial charge in [-0.2, -0.15) is 0 Å². The maximum Gasteiger partial charge on any atom is 0.0705 e. The van der Waals surface area contributed by atoms with Gasteiger partial charge in [0.2, 0.25) is 0 Å². The van der Waals surface area contributed by atoms with Gasteiger partial charge >= 0.3 is 0 Å². The number of benzene rings is 2. The summed E-state index contributed by atoms with van der Waals surface area (Å²) in [7, 11) is 0. The third kappa shape index (κ3) is 2.69. The maximum absolute atomic E-state index is 5.54. The number of nitrogens with one attached hydrogen (secondary N) is 1. The first-order valence-corrected chi connectivity index (χ1v) is 6.53. The van der Waals surface area contributed by atoms with Gasteiger partial charge in [0.25, 0.3) is 0 Å². The lowest BCUT2D eigenvalue weighted by atomic mass is 10.1. The van der Waals surface area contributed by atoms with E-state index in [0.29, 0.717) is 0 Å². The summed E-state index contributed by atoms with van der Waals surface area (Å²) in [6.45, 7) is 0. The Labute approximate surface area is 117 Å². The van der Waals surface area contributed by atoms with Crippen molar-refractivity contribution in [1.29, 1.82) is 0 Å². The molecule has 3 heteroatoms. The quantitative estimate of drug-likeness (QED) is 0.713. The van der Waals surface area contributed by atoms with Crippen LogP contribution in [0.4, 0.5) is 5.69 Å². The number of anilines is 1. The third-order valence-corrected chi connectivity index (χ3v) is 3.32. The summed E-state index contributed by atoms with van der Waals surface area (Å²) in [4.78, 5) is 7.27. The van der Waals surface area contributed by atoms with E-state index < -0.39 is 0 Å². The normalized spacial score (nSPS) is 10.6. The average Bonchev–Trinajstić information content (AvgIpc) is 2.48. The van der Waals surface area contributed by atoms with Crippen molar-refractivity contribution in [3.63, 3.8) is 0 Å². The second kappa shape index (κ2) is 5.29. The summed E-state index contributed by atoms with van der Waals surface area (Å²) in [6, 6.07) is 20.4. The van der Waals surface area contributed by atoms with Gasteiger partial charge in [-0.15, -0.1) is 0 Å². The second-order valence-corrected chi connectivity index (χ2v) is 4.65. The maximum atomic E-state index is 5.54. The fourth-order valence-corrected chi connectivity index (χ4v) is 2.23. The van der Waals surface area contributed by atoms with Crippen LogP contribution in [0.25, 0.3) is 10.9 Å². The van der Waals surface area contributed by atoms with E-state index in [-0.39, 0.29) is 0 Å². The summed E-state index contributed by atoms with van der Waals surface area (Å²) in [5.41, 5.74) is 4.24. The Morgan fingerprint density at radius 3 is 2.47 bits per heavy atom. The van der Waals surface area contributed by atoms with E-state index in [9.17, 15) is 0 Å². The van der Waals surface area contributed by atoms with E-state index in [0.717, 1.165) is 23.3 Å². The molecule has 0 radical (unpaired) electrons. The van der Waals surface area contributed by atoms with Gasteiger partial charge < -0.3 is 0 Å². The van der Waals surface area contributed by atoms with Crippen molar-refractivity contribution in [2.45, 2.75) is 6.42 Å². The van der Waals surface area contributed by atoms with E-state index in [1.807, 2.05) is 30.3 Å². The second-order valence-electron chi connectivity index (χ2n) is 4.46. The number of hydrogen-bond donors (Lipinski definition) is 1. The molecule has 1 heterocycles. The molecule has 0 aliphatic carbocycles. The Balaban J connectivity index is 1.87. The van der Waals surface area contributed by atoms with Crippen molar-refractivity contribution < 1.29 is 0 Å². The summed E-state index contributed by atoms with van der Waals surface area (Å²) >= 11 is 5.54. The molecule has 3 aromatic rings. The van der Waals surface area contributed by atoms with Crippen molar-refractivity contribution in [2.75, 3.05) is 4.84 Å². The van der Waals surface area contributed by atoms with Crippen LogP contribution in [0.1, 0.15) is 11.3 Å². The molecule has 2 aromatic carbocycles. The van der Waals surface area contributed by atoms with Gasteiger partial charge in [0.05, 0.1) is 5.52 Å². The molecule has 3 rings (SSSR count). The smallest absolute Gasteiger partial charge is 0.0705 e. The van der Waals surface area contributed by atoms with Crippen molar-refractivity contribution in [3.05, 3.63) is 71.9 Å². The summed E-state index contributed by atoms with van der Waals surface area (Å²) in [6.07, 6.45) is 0.827. The first kappa shape index (κ1) is 12.0. The first-order chi connectivity index (χ1) is 9.35. The molecule has 0 fully saturated rings. The van der Waals surface area contributed by atoms with Crippen molar-refractivity contribution in [2.24, 2.45) is 0 Å². The minimum atomic E-state index is 0.827. The number of para-hydroxylation sites is 1. The number of fused-ring (bicyclic) bond motifs is 1. The van der Waals surface area contributed by atoms with Gasteiger partial charge in [-0.05, 0) is 29.8 Å². The Kier molecular flexibility index (Phi) is 3.34. The highest BCUT2D eigenvalue weighted by Crippen LogP contribution is 2.16. The highest BCUT2D eigenvalue weighted by Gasteiger charge is 2.00. The molecule has 0 amide bonds. The van der Waals surface area contributed by atoms with Crippen LogP contribution in [0.3, 0.4) is 0 Å². The van der Waals surface area contributed by atoms with Crippen LogP contribution in [-0.4, -0.2) is 4.98 Å². The van der Waals surface area contributed by atoms with E-state index in [1.54, 1.807) is 0 Å². The van der Waals surface area contributed by atoms with Crippen LogP contribution in [0.15, 0.2) is 60.7 Å². The first-order valence-electron chi connectivity index (χ1n) is 6.15. The number of halogens is 1. The number of rotatable bonds is 3. The average molecular weight is 269 g/mol. The van der Waals surface area contributed by atoms with Crippen molar-refractivity contribution >= 4 is 28.4 Å². The molecule has 2 nitrogen and oxygen atoms in total. The lowest BCUT2D eigenvalue weighted by molar-refractivity contribution is 1.10. The molecular formula is C16H13ClN2. The minimum absolute atomic E-state index is 0.827. The predicted molar refractivity (Wildman–Crippen MR) is 80.5 cm³/mol. The number of pyridine rings is 1. The zero-order valence-electron chi connectivity index (χ0n) is 10.3. The van der Waals surface area contributed by atoms with E-state index in [1.165, 1.54) is 10.9 Å². The lowest BCUT2D eigenvalue weighted by Gasteiger charge is -2.04. The van der Waals surface area contributed by atoms with Gasteiger partial charge in [-0.1, -0.05) is 36.4 Å². The van der Waals surface area contributed by atoms with Gasteiger partial charge in [0.15, 0.2) is 0 Å². The lowest BCUT2D eigenvalue weighted by Crippen LogP contribution is -1.93. The van der Waals surface area contributed by atoms with Crippen LogP contribution in [0.2, 0.25) is 0 Å². The Hall–Kier alpha value is -2.06. The summed E-state index contributed by atoms with van der Waals surface area (Å²) in [5.74, 6) is 0. The Morgan fingerprint density at radius 2 is 1.68 bits per heavy atom. The summed E-state index contributed by atoms with van der Waals surface area (Å²) in [5, 5.41) is 1.17. The molecule has 1 N–H and O–H groups in total. The topological polar surface area (TPSA) is 24.9 Å². The largest absolute Gasteiger partial charge is 0.299 e. The molecule has 0 saturated carbocycles. The molecule has 0 aliphatic rings. The van der Waals surface area contributed by atoms with E-state index >= 15 is 0 Å². The monoisotopic (exact) mass is 268 g/mol. The zero-order chi connectivity index (χ0) is 13.1. The SMILES string of the molecule is ClNc1ccc(Cc2ccc3ccccc3n2)cc1. The van der Waals surface area contributed by atoms with Gasteiger partial charge in [-0.25, -0.2) is 0 Å². The molecular weight excluding hydrogens is 256 g/mol. The molecule has 19 heavy (non-hydrogen) atoms. The molecule has 0 saturated heterocycles. The van der Waals surface area contributed by atoms with E-state index in [2.05, 4.69) is 40.2 Å². The van der Waals surface area contributed by atoms with Crippen LogP contribution in [-0.2, 0) is 6.42 Å². The zero-order valence-corrected chi connectivity index (χ0v) is 11.1. The Morgan fingerprint density at radius 1 is 0.895 bits per heavy atom. The number of aromatic nitrogens is 1. The number of nitrogens with zero attached hydrogens (tertiary/aromatic N) is 1. The molecule has 94 valence electrons. The molecule has 0 aliphatic heterocycles. The molecule has 0 spiro atoms. The molecule has 0 unspecified atom stereocenters. The fourth-order valence-electron chi connectivity index (χ4n) is 2.10. The predicted octanol–water partition coefficient (Wildman–Crippen LogP) is 4.39. The molecule has 1 aromatic heterocycles. The fraction of sp³-hybridized carbons (Fsp3) is 0.0625. The molecule has 0 atom stereocenters. The highest BCUT2D eigenvalue weighted by atomic mass is 35.5. The van der Waals surface area contributed by atoms with Crippen molar-refractivity contribution in [3.8, 4) is 0 Å². The van der Waals surface area contributed by atoms with E-state index in [4.69, 9.17) is 11.8 Å². The molecule has 0 bridgehead atoms. The van der Waals surface area contributed by atoms with Gasteiger partial charge in [0, 0.05) is 35.0 Å². The van der Waals surface area contributed by atoms with Gasteiger partial charge in [0.1, 0.15) is 0 Å². The Bertz CT molecular complexity index is 692. The van der Waals surface area contributed by atoms with Crippen LogP contribution < -0.4 is 4.84 Å². The van der Waals surface area contributed by atoms with Gasteiger partial charge in [-0.3, -0.25) is 9.82 Å².